The van der Waals surface area contributed by atoms with Gasteiger partial charge in [-0.05, 0) is 6.92 Å². The second-order valence-electron chi connectivity index (χ2n) is 2.12. The van der Waals surface area contributed by atoms with Crippen molar-refractivity contribution in [3.05, 3.63) is 4.88 Å². The Bertz CT molecular complexity index is 311. The Hall–Kier alpha value is -1.30. The van der Waals surface area contributed by atoms with Crippen LogP contribution in [0.25, 0.3) is 0 Å². The van der Waals surface area contributed by atoms with Gasteiger partial charge in [0.25, 0.3) is 5.19 Å². The number of esters is 1. The van der Waals surface area contributed by atoms with Crippen molar-refractivity contribution >= 4 is 23.1 Å². The fourth-order valence-corrected chi connectivity index (χ4v) is 1.55. The van der Waals surface area contributed by atoms with Crippen molar-refractivity contribution in [1.29, 1.82) is 0 Å². The van der Waals surface area contributed by atoms with Crippen LogP contribution in [0, 0.1) is 0 Å². The fourth-order valence-electron chi connectivity index (χ4n) is 0.736. The van der Waals surface area contributed by atoms with E-state index in [4.69, 9.17) is 10.5 Å². The van der Waals surface area contributed by atoms with Crippen molar-refractivity contribution in [3.63, 3.8) is 0 Å². The Morgan fingerprint density at radius 3 is 2.92 bits per heavy atom. The maximum Gasteiger partial charge on any atom is 0.352 e. The molecule has 0 spiro atoms. The third-order valence-corrected chi connectivity index (χ3v) is 2.24. The number of aromatic nitrogens is 1. The van der Waals surface area contributed by atoms with E-state index in [1.54, 1.807) is 0 Å². The minimum Gasteiger partial charge on any atom is -0.470 e. The second-order valence-corrected chi connectivity index (χ2v) is 3.08. The predicted octanol–water partition coefficient (Wildman–Crippen LogP) is 0.911. The summed E-state index contributed by atoms with van der Waals surface area (Å²) in [4.78, 5) is 15.2. The van der Waals surface area contributed by atoms with Crippen molar-refractivity contribution < 1.29 is 14.3 Å². The normalized spacial score (nSPS) is 9.69. The lowest BCUT2D eigenvalue weighted by molar-refractivity contribution is 0.0607. The number of hydrogen-bond acceptors (Lipinski definition) is 6. The summed E-state index contributed by atoms with van der Waals surface area (Å²) in [5.41, 5.74) is 5.47. The van der Waals surface area contributed by atoms with E-state index in [-0.39, 0.29) is 10.7 Å². The van der Waals surface area contributed by atoms with Gasteiger partial charge in [-0.2, -0.15) is 4.98 Å². The van der Waals surface area contributed by atoms with E-state index in [9.17, 15) is 4.79 Å². The lowest BCUT2D eigenvalue weighted by Crippen LogP contribution is -2.01. The summed E-state index contributed by atoms with van der Waals surface area (Å²) < 4.78 is 9.59. The molecule has 0 aliphatic carbocycles. The third-order valence-electron chi connectivity index (χ3n) is 1.27. The van der Waals surface area contributed by atoms with Crippen molar-refractivity contribution in [3.8, 4) is 5.19 Å². The van der Waals surface area contributed by atoms with Crippen LogP contribution in [-0.4, -0.2) is 24.7 Å². The maximum absolute atomic E-state index is 11.1. The lowest BCUT2D eigenvalue weighted by atomic mass is 10.5. The first-order chi connectivity index (χ1) is 6.19. The number of carbonyl (C=O) groups excluding carboxylic acids is 1. The fraction of sp³-hybridized carbons (Fsp3) is 0.429. The predicted molar refractivity (Wildman–Crippen MR) is 49.0 cm³/mol. The molecular weight excluding hydrogens is 192 g/mol. The molecule has 0 unspecified atom stereocenters. The first-order valence-corrected chi connectivity index (χ1v) is 4.48. The van der Waals surface area contributed by atoms with Gasteiger partial charge < -0.3 is 15.2 Å². The summed E-state index contributed by atoms with van der Waals surface area (Å²) in [6.07, 6.45) is 0. The molecule has 0 fully saturated rings. The SMILES string of the molecule is CCOc1nc(N)c(C(=O)OC)s1. The Morgan fingerprint density at radius 2 is 2.38 bits per heavy atom. The molecule has 5 nitrogen and oxygen atoms in total. The summed E-state index contributed by atoms with van der Waals surface area (Å²) in [7, 11) is 1.29. The number of nitrogen functional groups attached to an aromatic ring is 1. The summed E-state index contributed by atoms with van der Waals surface area (Å²) in [5.74, 6) is -0.332. The molecular formula is C7H10N2O3S. The zero-order valence-electron chi connectivity index (χ0n) is 7.36. The van der Waals surface area contributed by atoms with Crippen molar-refractivity contribution in [2.45, 2.75) is 6.92 Å². The number of methoxy groups -OCH3 is 1. The van der Waals surface area contributed by atoms with Crippen LogP contribution in [0.5, 0.6) is 5.19 Å². The van der Waals surface area contributed by atoms with Crippen molar-refractivity contribution in [2.24, 2.45) is 0 Å². The van der Waals surface area contributed by atoms with Gasteiger partial charge in [0.2, 0.25) is 0 Å². The van der Waals surface area contributed by atoms with Gasteiger partial charge in [-0.3, -0.25) is 0 Å². The molecule has 1 rings (SSSR count). The Balaban J connectivity index is 2.89. The summed E-state index contributed by atoms with van der Waals surface area (Å²) in [6.45, 7) is 2.32. The number of ether oxygens (including phenoxy) is 2. The van der Waals surface area contributed by atoms with Crippen molar-refractivity contribution in [1.82, 2.24) is 4.98 Å². The van der Waals surface area contributed by atoms with Crippen LogP contribution >= 0.6 is 11.3 Å². The molecule has 1 aromatic rings. The third kappa shape index (κ3) is 2.09. The molecule has 13 heavy (non-hydrogen) atoms. The van der Waals surface area contributed by atoms with E-state index in [2.05, 4.69) is 9.72 Å². The summed E-state index contributed by atoms with van der Waals surface area (Å²) in [5, 5.41) is 0.389. The van der Waals surface area contributed by atoms with Gasteiger partial charge >= 0.3 is 5.97 Å². The van der Waals surface area contributed by atoms with Crippen LogP contribution in [0.2, 0.25) is 0 Å². The first kappa shape index (κ1) is 9.79. The van der Waals surface area contributed by atoms with Crippen molar-refractivity contribution in [2.75, 3.05) is 19.5 Å². The van der Waals surface area contributed by atoms with Crippen LogP contribution in [0.4, 0.5) is 5.82 Å². The molecule has 0 aromatic carbocycles. The van der Waals surface area contributed by atoms with Crippen LogP contribution in [0.15, 0.2) is 0 Å². The van der Waals surface area contributed by atoms with Gasteiger partial charge in [-0.25, -0.2) is 4.79 Å². The topological polar surface area (TPSA) is 74.4 Å². The molecule has 72 valence electrons. The molecule has 2 N–H and O–H groups in total. The zero-order valence-corrected chi connectivity index (χ0v) is 8.18. The van der Waals surface area contributed by atoms with E-state index < -0.39 is 5.97 Å². The molecule has 0 saturated carbocycles. The van der Waals surface area contributed by atoms with E-state index in [0.29, 0.717) is 11.8 Å². The summed E-state index contributed by atoms with van der Waals surface area (Å²) >= 11 is 1.08. The highest BCUT2D eigenvalue weighted by atomic mass is 32.1. The number of rotatable bonds is 3. The molecule has 0 aliphatic rings. The minimum absolute atomic E-state index is 0.153. The van der Waals surface area contributed by atoms with Crippen LogP contribution in [0.3, 0.4) is 0 Å². The highest BCUT2D eigenvalue weighted by Crippen LogP contribution is 2.27. The van der Waals surface area contributed by atoms with E-state index in [0.717, 1.165) is 11.3 Å². The number of anilines is 1. The maximum atomic E-state index is 11.1. The molecule has 1 heterocycles. The van der Waals surface area contributed by atoms with Gasteiger partial charge in [-0.1, -0.05) is 11.3 Å². The molecule has 0 saturated heterocycles. The Kier molecular flexibility index (Phi) is 3.07. The van der Waals surface area contributed by atoms with Gasteiger partial charge in [0.15, 0.2) is 10.7 Å². The highest BCUT2D eigenvalue weighted by molar-refractivity contribution is 7.15. The van der Waals surface area contributed by atoms with Crippen LogP contribution in [-0.2, 0) is 4.74 Å². The average Bonchev–Trinajstić information content (AvgIpc) is 2.46. The van der Waals surface area contributed by atoms with E-state index in [1.807, 2.05) is 6.92 Å². The smallest absolute Gasteiger partial charge is 0.352 e. The first-order valence-electron chi connectivity index (χ1n) is 3.66. The highest BCUT2D eigenvalue weighted by Gasteiger charge is 2.16. The van der Waals surface area contributed by atoms with Crippen LogP contribution < -0.4 is 10.5 Å². The number of nitrogens with two attached hydrogens (primary N) is 1. The Morgan fingerprint density at radius 1 is 1.69 bits per heavy atom. The number of carbonyl (C=O) groups is 1. The summed E-state index contributed by atoms with van der Waals surface area (Å²) in [6, 6.07) is 0. The van der Waals surface area contributed by atoms with E-state index in [1.165, 1.54) is 7.11 Å². The molecule has 0 bridgehead atoms. The number of nitrogens with zero attached hydrogens (tertiary/aromatic N) is 1. The second kappa shape index (κ2) is 4.08. The minimum atomic E-state index is -0.485. The average molecular weight is 202 g/mol. The van der Waals surface area contributed by atoms with Gasteiger partial charge in [0.05, 0.1) is 13.7 Å². The lowest BCUT2D eigenvalue weighted by Gasteiger charge is -1.93. The molecule has 6 heteroatoms. The monoisotopic (exact) mass is 202 g/mol. The molecule has 0 radical (unpaired) electrons. The van der Waals surface area contributed by atoms with E-state index >= 15 is 0 Å². The zero-order chi connectivity index (χ0) is 9.84. The van der Waals surface area contributed by atoms with Gasteiger partial charge in [0, 0.05) is 0 Å². The number of thiazole rings is 1. The number of hydrogen-bond donors (Lipinski definition) is 1. The molecule has 0 atom stereocenters. The largest absolute Gasteiger partial charge is 0.470 e. The van der Waals surface area contributed by atoms with Gasteiger partial charge in [-0.15, -0.1) is 0 Å². The van der Waals surface area contributed by atoms with Crippen LogP contribution in [0.1, 0.15) is 16.6 Å². The molecule has 0 aliphatic heterocycles. The molecule has 0 amide bonds. The molecule has 1 aromatic heterocycles. The van der Waals surface area contributed by atoms with Gasteiger partial charge in [0.1, 0.15) is 0 Å². The Labute approximate surface area is 79.5 Å². The standard InChI is InChI=1S/C7H10N2O3S/c1-3-12-7-9-5(8)4(13-7)6(10)11-2/h3,8H2,1-2H3. The quantitative estimate of drug-likeness (QED) is 0.737.